The number of hydrogen-bond acceptors (Lipinski definition) is 3. The largest absolute Gasteiger partial charge is 0.378 e. The number of ether oxygens (including phenoxy) is 1. The molecule has 1 fully saturated rings. The van der Waals surface area contributed by atoms with Crippen molar-refractivity contribution in [3.05, 3.63) is 24.3 Å². The highest BCUT2D eigenvalue weighted by atomic mass is 32.1. The van der Waals surface area contributed by atoms with Gasteiger partial charge in [0.05, 0.1) is 13.2 Å². The summed E-state index contributed by atoms with van der Waals surface area (Å²) in [5.74, 6) is 0.702. The van der Waals surface area contributed by atoms with Gasteiger partial charge in [-0.25, -0.2) is 0 Å². The molecule has 0 amide bonds. The van der Waals surface area contributed by atoms with E-state index in [1.807, 2.05) is 0 Å². The fourth-order valence-electron chi connectivity index (χ4n) is 2.93. The summed E-state index contributed by atoms with van der Waals surface area (Å²) >= 11 is 5.42. The minimum absolute atomic E-state index is 0.702. The molecule has 2 rings (SSSR count). The minimum atomic E-state index is 0.702. The molecule has 1 aromatic rings. The van der Waals surface area contributed by atoms with Gasteiger partial charge >= 0.3 is 0 Å². The molecule has 0 radical (unpaired) electrons. The van der Waals surface area contributed by atoms with Gasteiger partial charge in [0.1, 0.15) is 0 Å². The predicted octanol–water partition coefficient (Wildman–Crippen LogP) is 4.03. The molecule has 0 aliphatic carbocycles. The van der Waals surface area contributed by atoms with Crippen molar-refractivity contribution >= 4 is 28.7 Å². The molecule has 0 aromatic heterocycles. The first kappa shape index (κ1) is 19.0. The second-order valence-electron chi connectivity index (χ2n) is 6.40. The number of nitrogens with one attached hydrogen (secondary N) is 2. The summed E-state index contributed by atoms with van der Waals surface area (Å²) in [7, 11) is 0. The van der Waals surface area contributed by atoms with E-state index in [0.717, 1.165) is 38.5 Å². The Labute approximate surface area is 152 Å². The predicted molar refractivity (Wildman–Crippen MR) is 107 cm³/mol. The molecule has 1 heterocycles. The molecule has 0 saturated carbocycles. The van der Waals surface area contributed by atoms with Gasteiger partial charge < -0.3 is 20.3 Å². The van der Waals surface area contributed by atoms with E-state index >= 15 is 0 Å². The van der Waals surface area contributed by atoms with E-state index < -0.39 is 0 Å². The molecule has 1 aliphatic heterocycles. The molecule has 1 saturated heterocycles. The zero-order chi connectivity index (χ0) is 17.2. The van der Waals surface area contributed by atoms with Gasteiger partial charge in [-0.05, 0) is 48.8 Å². The third kappa shape index (κ3) is 6.29. The number of benzene rings is 1. The molecule has 24 heavy (non-hydrogen) atoms. The first-order chi connectivity index (χ1) is 11.7. The number of unbranched alkanes of at least 4 members (excludes halogenated alkanes) is 1. The van der Waals surface area contributed by atoms with Crippen LogP contribution < -0.4 is 15.5 Å². The van der Waals surface area contributed by atoms with E-state index in [2.05, 4.69) is 53.6 Å². The standard InChI is InChI=1S/C19H31N3OS/c1-3-5-6-16(4-2)15-20-19(24)21-17-7-9-18(10-8-17)22-11-13-23-14-12-22/h7-10,16H,3-6,11-15H2,1-2H3,(H2,20,21,24)/t16-/m0/s1. The summed E-state index contributed by atoms with van der Waals surface area (Å²) in [6.07, 6.45) is 5.03. The van der Waals surface area contributed by atoms with Gasteiger partial charge in [-0.3, -0.25) is 0 Å². The van der Waals surface area contributed by atoms with Crippen molar-refractivity contribution in [1.29, 1.82) is 0 Å². The van der Waals surface area contributed by atoms with Gasteiger partial charge in [0.25, 0.3) is 0 Å². The molecule has 1 aromatic carbocycles. The molecule has 1 aliphatic rings. The summed E-state index contributed by atoms with van der Waals surface area (Å²) in [6.45, 7) is 8.99. The lowest BCUT2D eigenvalue weighted by atomic mass is 9.99. The smallest absolute Gasteiger partial charge is 0.170 e. The van der Waals surface area contributed by atoms with Crippen LogP contribution in [-0.4, -0.2) is 38.0 Å². The topological polar surface area (TPSA) is 36.5 Å². The van der Waals surface area contributed by atoms with Crippen LogP contribution in [0.1, 0.15) is 39.5 Å². The van der Waals surface area contributed by atoms with Crippen LogP contribution in [0, 0.1) is 5.92 Å². The molecule has 5 heteroatoms. The molecule has 0 bridgehead atoms. The summed E-state index contributed by atoms with van der Waals surface area (Å²) < 4.78 is 5.40. The van der Waals surface area contributed by atoms with Crippen molar-refractivity contribution in [3.63, 3.8) is 0 Å². The first-order valence-corrected chi connectivity index (χ1v) is 9.61. The van der Waals surface area contributed by atoms with Crippen molar-refractivity contribution in [2.45, 2.75) is 39.5 Å². The lowest BCUT2D eigenvalue weighted by Gasteiger charge is -2.29. The van der Waals surface area contributed by atoms with Crippen LogP contribution in [0.2, 0.25) is 0 Å². The molecule has 0 unspecified atom stereocenters. The quantitative estimate of drug-likeness (QED) is 0.693. The monoisotopic (exact) mass is 349 g/mol. The van der Waals surface area contributed by atoms with E-state index in [-0.39, 0.29) is 0 Å². The van der Waals surface area contributed by atoms with Gasteiger partial charge in [0, 0.05) is 31.0 Å². The van der Waals surface area contributed by atoms with Crippen molar-refractivity contribution in [3.8, 4) is 0 Å². The highest BCUT2D eigenvalue weighted by molar-refractivity contribution is 7.80. The van der Waals surface area contributed by atoms with Gasteiger partial charge in [-0.1, -0.05) is 33.1 Å². The Morgan fingerprint density at radius 3 is 2.54 bits per heavy atom. The van der Waals surface area contributed by atoms with Crippen molar-refractivity contribution < 1.29 is 4.74 Å². The zero-order valence-corrected chi connectivity index (χ0v) is 15.8. The molecule has 0 spiro atoms. The van der Waals surface area contributed by atoms with Crippen LogP contribution in [0.25, 0.3) is 0 Å². The maximum absolute atomic E-state index is 5.42. The Kier molecular flexibility index (Phi) is 8.33. The van der Waals surface area contributed by atoms with E-state index in [0.29, 0.717) is 11.0 Å². The third-order valence-corrected chi connectivity index (χ3v) is 4.84. The van der Waals surface area contributed by atoms with Crippen molar-refractivity contribution in [1.82, 2.24) is 5.32 Å². The van der Waals surface area contributed by atoms with Gasteiger partial charge in [0.2, 0.25) is 0 Å². The normalized spacial score (nSPS) is 15.8. The number of morpholine rings is 1. The zero-order valence-electron chi connectivity index (χ0n) is 15.0. The van der Waals surface area contributed by atoms with Gasteiger partial charge in [0.15, 0.2) is 5.11 Å². The van der Waals surface area contributed by atoms with Gasteiger partial charge in [-0.2, -0.15) is 0 Å². The summed E-state index contributed by atoms with van der Waals surface area (Å²) in [5, 5.41) is 7.36. The number of rotatable bonds is 8. The number of anilines is 2. The Hall–Kier alpha value is -1.33. The highest BCUT2D eigenvalue weighted by Crippen LogP contribution is 2.19. The van der Waals surface area contributed by atoms with Crippen LogP contribution in [0.15, 0.2) is 24.3 Å². The number of thiocarbonyl (C=S) groups is 1. The molecular weight excluding hydrogens is 318 g/mol. The summed E-state index contributed by atoms with van der Waals surface area (Å²) in [5.41, 5.74) is 2.28. The number of hydrogen-bond donors (Lipinski definition) is 2. The summed E-state index contributed by atoms with van der Waals surface area (Å²) in [6, 6.07) is 8.47. The lowest BCUT2D eigenvalue weighted by Crippen LogP contribution is -2.36. The average molecular weight is 350 g/mol. The Morgan fingerprint density at radius 1 is 1.21 bits per heavy atom. The third-order valence-electron chi connectivity index (χ3n) is 4.60. The van der Waals surface area contributed by atoms with Crippen LogP contribution >= 0.6 is 12.2 Å². The van der Waals surface area contributed by atoms with E-state index in [1.54, 1.807) is 0 Å². The van der Waals surface area contributed by atoms with E-state index in [1.165, 1.54) is 31.4 Å². The van der Waals surface area contributed by atoms with Crippen LogP contribution in [-0.2, 0) is 4.74 Å². The first-order valence-electron chi connectivity index (χ1n) is 9.20. The van der Waals surface area contributed by atoms with E-state index in [4.69, 9.17) is 17.0 Å². The van der Waals surface area contributed by atoms with Crippen LogP contribution in [0.3, 0.4) is 0 Å². The Bertz CT molecular complexity index is 486. The second-order valence-corrected chi connectivity index (χ2v) is 6.81. The fraction of sp³-hybridized carbons (Fsp3) is 0.632. The second kappa shape index (κ2) is 10.5. The fourth-order valence-corrected chi connectivity index (χ4v) is 3.13. The molecule has 134 valence electrons. The molecule has 4 nitrogen and oxygen atoms in total. The number of nitrogens with zero attached hydrogens (tertiary/aromatic N) is 1. The van der Waals surface area contributed by atoms with Crippen LogP contribution in [0.5, 0.6) is 0 Å². The van der Waals surface area contributed by atoms with Crippen molar-refractivity contribution in [2.24, 2.45) is 5.92 Å². The Morgan fingerprint density at radius 2 is 1.92 bits per heavy atom. The maximum atomic E-state index is 5.42. The maximum Gasteiger partial charge on any atom is 0.170 e. The van der Waals surface area contributed by atoms with Gasteiger partial charge in [-0.15, -0.1) is 0 Å². The average Bonchev–Trinajstić information content (AvgIpc) is 2.63. The lowest BCUT2D eigenvalue weighted by molar-refractivity contribution is 0.122. The molecule has 1 atom stereocenters. The Balaban J connectivity index is 1.76. The SMILES string of the molecule is CCCC[C@H](CC)CNC(=S)Nc1ccc(N2CCOCC2)cc1. The van der Waals surface area contributed by atoms with E-state index in [9.17, 15) is 0 Å². The molecule has 2 N–H and O–H groups in total. The summed E-state index contributed by atoms with van der Waals surface area (Å²) in [4.78, 5) is 2.35. The molecular formula is C19H31N3OS. The highest BCUT2D eigenvalue weighted by Gasteiger charge is 2.11. The minimum Gasteiger partial charge on any atom is -0.378 e. The van der Waals surface area contributed by atoms with Crippen LogP contribution in [0.4, 0.5) is 11.4 Å². The van der Waals surface area contributed by atoms with Crippen molar-refractivity contribution in [2.75, 3.05) is 43.1 Å².